The van der Waals surface area contributed by atoms with E-state index in [-0.39, 0.29) is 12.2 Å². The molecule has 114 valence electrons. The Morgan fingerprint density at radius 3 is 2.90 bits per heavy atom. The Labute approximate surface area is 128 Å². The van der Waals surface area contributed by atoms with Crippen LogP contribution in [0.15, 0.2) is 18.2 Å². The monoisotopic (exact) mass is 311 g/mol. The highest BCUT2D eigenvalue weighted by Gasteiger charge is 2.30. The van der Waals surface area contributed by atoms with E-state index >= 15 is 0 Å². The van der Waals surface area contributed by atoms with Gasteiger partial charge in [-0.3, -0.25) is 14.5 Å². The van der Waals surface area contributed by atoms with Gasteiger partial charge < -0.3 is 9.84 Å². The summed E-state index contributed by atoms with van der Waals surface area (Å²) in [5.74, 6) is -0.425. The van der Waals surface area contributed by atoms with Gasteiger partial charge in [-0.05, 0) is 37.6 Å². The fourth-order valence-electron chi connectivity index (χ4n) is 2.65. The minimum atomic E-state index is -0.819. The van der Waals surface area contributed by atoms with Crippen LogP contribution in [-0.4, -0.2) is 48.0 Å². The van der Waals surface area contributed by atoms with Crippen LogP contribution < -0.4 is 4.74 Å². The van der Waals surface area contributed by atoms with E-state index in [0.29, 0.717) is 29.3 Å². The van der Waals surface area contributed by atoms with Crippen LogP contribution in [0.4, 0.5) is 0 Å². The van der Waals surface area contributed by atoms with Gasteiger partial charge in [-0.15, -0.1) is 0 Å². The van der Waals surface area contributed by atoms with Gasteiger partial charge in [0, 0.05) is 18.0 Å². The van der Waals surface area contributed by atoms with Gasteiger partial charge in [0.1, 0.15) is 11.8 Å². The van der Waals surface area contributed by atoms with E-state index in [1.54, 1.807) is 18.2 Å². The van der Waals surface area contributed by atoms with Gasteiger partial charge in [0.2, 0.25) is 0 Å². The highest BCUT2D eigenvalue weighted by Crippen LogP contribution is 2.25. The standard InChI is InChI=1S/C15H18ClNO4/c1-21-14-5-4-10(16)9-11(14)13(18)6-8-17-7-2-3-12(17)15(19)20/h4-5,9,12H,2-3,6-8H2,1H3,(H,19,20). The molecule has 1 saturated heterocycles. The number of ether oxygens (including phenoxy) is 1. The number of carbonyl (C=O) groups is 2. The molecule has 0 radical (unpaired) electrons. The molecule has 0 aliphatic carbocycles. The van der Waals surface area contributed by atoms with Crippen molar-refractivity contribution in [2.24, 2.45) is 0 Å². The van der Waals surface area contributed by atoms with E-state index in [2.05, 4.69) is 0 Å². The van der Waals surface area contributed by atoms with E-state index in [1.165, 1.54) is 7.11 Å². The Morgan fingerprint density at radius 1 is 1.48 bits per heavy atom. The van der Waals surface area contributed by atoms with Crippen LogP contribution in [-0.2, 0) is 4.79 Å². The number of hydrogen-bond donors (Lipinski definition) is 1. The van der Waals surface area contributed by atoms with Crippen molar-refractivity contribution in [3.8, 4) is 5.75 Å². The predicted molar refractivity (Wildman–Crippen MR) is 79.2 cm³/mol. The summed E-state index contributed by atoms with van der Waals surface area (Å²) in [7, 11) is 1.50. The van der Waals surface area contributed by atoms with Gasteiger partial charge >= 0.3 is 5.97 Å². The van der Waals surface area contributed by atoms with Crippen molar-refractivity contribution in [2.75, 3.05) is 20.2 Å². The summed E-state index contributed by atoms with van der Waals surface area (Å²) in [5.41, 5.74) is 0.441. The first-order valence-corrected chi connectivity index (χ1v) is 7.24. The molecule has 1 aromatic rings. The lowest BCUT2D eigenvalue weighted by Crippen LogP contribution is -2.37. The Bertz CT molecular complexity index is 546. The Hall–Kier alpha value is -1.59. The van der Waals surface area contributed by atoms with Gasteiger partial charge in [0.05, 0.1) is 12.7 Å². The van der Waals surface area contributed by atoms with Crippen molar-refractivity contribution in [3.63, 3.8) is 0 Å². The molecule has 1 heterocycles. The quantitative estimate of drug-likeness (QED) is 0.817. The summed E-state index contributed by atoms with van der Waals surface area (Å²) < 4.78 is 5.17. The van der Waals surface area contributed by atoms with Gasteiger partial charge in [-0.1, -0.05) is 11.6 Å². The lowest BCUT2D eigenvalue weighted by molar-refractivity contribution is -0.142. The number of carbonyl (C=O) groups excluding carboxylic acids is 1. The number of aliphatic carboxylic acids is 1. The lowest BCUT2D eigenvalue weighted by atomic mass is 10.1. The number of carboxylic acids is 1. The molecule has 2 rings (SSSR count). The zero-order valence-electron chi connectivity index (χ0n) is 11.8. The molecule has 21 heavy (non-hydrogen) atoms. The van der Waals surface area contributed by atoms with Gasteiger partial charge in [-0.25, -0.2) is 0 Å². The van der Waals surface area contributed by atoms with Crippen LogP contribution in [0.25, 0.3) is 0 Å². The van der Waals surface area contributed by atoms with Crippen molar-refractivity contribution < 1.29 is 19.4 Å². The number of likely N-dealkylation sites (tertiary alicyclic amines) is 1. The Morgan fingerprint density at radius 2 is 2.24 bits per heavy atom. The third-order valence-corrected chi connectivity index (χ3v) is 3.97. The van der Waals surface area contributed by atoms with E-state index in [9.17, 15) is 9.59 Å². The minimum absolute atomic E-state index is 0.0922. The summed E-state index contributed by atoms with van der Waals surface area (Å²) in [5, 5.41) is 9.60. The minimum Gasteiger partial charge on any atom is -0.496 e. The molecular formula is C15H18ClNO4. The number of rotatable bonds is 6. The molecule has 0 amide bonds. The second-order valence-electron chi connectivity index (χ2n) is 5.05. The zero-order chi connectivity index (χ0) is 15.4. The first-order chi connectivity index (χ1) is 10.0. The molecule has 5 nitrogen and oxygen atoms in total. The van der Waals surface area contributed by atoms with Crippen molar-refractivity contribution in [1.82, 2.24) is 4.90 Å². The lowest BCUT2D eigenvalue weighted by Gasteiger charge is -2.20. The smallest absolute Gasteiger partial charge is 0.320 e. The number of methoxy groups -OCH3 is 1. The molecule has 1 aliphatic heterocycles. The second-order valence-corrected chi connectivity index (χ2v) is 5.49. The average molecular weight is 312 g/mol. The SMILES string of the molecule is COc1ccc(Cl)cc1C(=O)CCN1CCCC1C(=O)O. The van der Waals surface area contributed by atoms with Gasteiger partial charge in [0.15, 0.2) is 5.78 Å². The predicted octanol–water partition coefficient (Wildman–Crippen LogP) is 2.47. The maximum Gasteiger partial charge on any atom is 0.320 e. The van der Waals surface area contributed by atoms with Crippen LogP contribution in [0.5, 0.6) is 5.75 Å². The summed E-state index contributed by atoms with van der Waals surface area (Å²) in [4.78, 5) is 25.2. The van der Waals surface area contributed by atoms with Crippen LogP contribution in [0.1, 0.15) is 29.6 Å². The Kier molecular flexibility index (Phi) is 5.20. The molecule has 6 heteroatoms. The molecule has 1 fully saturated rings. The largest absolute Gasteiger partial charge is 0.496 e. The fraction of sp³-hybridized carbons (Fsp3) is 0.467. The number of hydrogen-bond acceptors (Lipinski definition) is 4. The van der Waals surface area contributed by atoms with Crippen LogP contribution in [0.2, 0.25) is 5.02 Å². The first-order valence-electron chi connectivity index (χ1n) is 6.86. The molecule has 0 saturated carbocycles. The highest BCUT2D eigenvalue weighted by molar-refractivity contribution is 6.31. The average Bonchev–Trinajstić information content (AvgIpc) is 2.93. The van der Waals surface area contributed by atoms with E-state index in [0.717, 1.165) is 13.0 Å². The maximum atomic E-state index is 12.3. The summed E-state index contributed by atoms with van der Waals surface area (Å²) in [6.45, 7) is 1.16. The molecule has 1 N–H and O–H groups in total. The highest BCUT2D eigenvalue weighted by atomic mass is 35.5. The number of Topliss-reactive ketones (excluding diaryl/α,β-unsaturated/α-hetero) is 1. The third-order valence-electron chi connectivity index (χ3n) is 3.74. The van der Waals surface area contributed by atoms with Crippen molar-refractivity contribution in [1.29, 1.82) is 0 Å². The fourth-order valence-corrected chi connectivity index (χ4v) is 2.82. The number of nitrogens with zero attached hydrogens (tertiary/aromatic N) is 1. The van der Waals surface area contributed by atoms with E-state index in [4.69, 9.17) is 21.4 Å². The molecule has 1 atom stereocenters. The summed E-state index contributed by atoms with van der Waals surface area (Å²) >= 11 is 5.91. The number of ketones is 1. The van der Waals surface area contributed by atoms with E-state index < -0.39 is 12.0 Å². The van der Waals surface area contributed by atoms with Crippen molar-refractivity contribution >= 4 is 23.4 Å². The summed E-state index contributed by atoms with van der Waals surface area (Å²) in [6, 6.07) is 4.43. The van der Waals surface area contributed by atoms with Crippen LogP contribution in [0.3, 0.4) is 0 Å². The molecule has 0 aromatic heterocycles. The van der Waals surface area contributed by atoms with Crippen LogP contribution >= 0.6 is 11.6 Å². The zero-order valence-corrected chi connectivity index (χ0v) is 12.6. The molecular weight excluding hydrogens is 294 g/mol. The van der Waals surface area contributed by atoms with Crippen LogP contribution in [0, 0.1) is 0 Å². The number of halogens is 1. The maximum absolute atomic E-state index is 12.3. The van der Waals surface area contributed by atoms with Gasteiger partial charge in [-0.2, -0.15) is 0 Å². The molecule has 1 aromatic carbocycles. The van der Waals surface area contributed by atoms with Crippen molar-refractivity contribution in [2.45, 2.75) is 25.3 Å². The van der Waals surface area contributed by atoms with Gasteiger partial charge in [0.25, 0.3) is 0 Å². The second kappa shape index (κ2) is 6.91. The first kappa shape index (κ1) is 15.8. The molecule has 0 spiro atoms. The van der Waals surface area contributed by atoms with E-state index in [1.807, 2.05) is 4.90 Å². The Balaban J connectivity index is 2.02. The number of benzene rings is 1. The molecule has 0 bridgehead atoms. The van der Waals surface area contributed by atoms with Crippen molar-refractivity contribution in [3.05, 3.63) is 28.8 Å². The summed E-state index contributed by atoms with van der Waals surface area (Å²) in [6.07, 6.45) is 1.75. The number of carboxylic acid groups (broad SMARTS) is 1. The molecule has 1 unspecified atom stereocenters. The third kappa shape index (κ3) is 3.74. The molecule has 1 aliphatic rings. The topological polar surface area (TPSA) is 66.8 Å². The normalized spacial score (nSPS) is 18.7.